The van der Waals surface area contributed by atoms with Gasteiger partial charge in [0.05, 0.1) is 17.1 Å². The Labute approximate surface area is 202 Å². The van der Waals surface area contributed by atoms with Crippen molar-refractivity contribution in [1.29, 1.82) is 0 Å². The zero-order valence-corrected chi connectivity index (χ0v) is 19.1. The maximum atomic E-state index is 13.3. The number of benzene rings is 3. The van der Waals surface area contributed by atoms with E-state index in [0.717, 1.165) is 30.4 Å². The van der Waals surface area contributed by atoms with E-state index in [1.165, 1.54) is 42.0 Å². The molecule has 5 rings (SSSR count). The van der Waals surface area contributed by atoms with Gasteiger partial charge in [-0.3, -0.25) is 10.1 Å². The molecule has 1 spiro atoms. The van der Waals surface area contributed by atoms with E-state index in [-0.39, 0.29) is 28.8 Å². The van der Waals surface area contributed by atoms with Crippen molar-refractivity contribution in [3.05, 3.63) is 94.3 Å². The Morgan fingerprint density at radius 2 is 1.74 bits per heavy atom. The minimum atomic E-state index is -0.496. The summed E-state index contributed by atoms with van der Waals surface area (Å²) in [5.74, 6) is 0.284. The van der Waals surface area contributed by atoms with Crippen LogP contribution < -0.4 is 4.74 Å². The van der Waals surface area contributed by atoms with Gasteiger partial charge in [0.25, 0.3) is 5.69 Å². The zero-order valence-electron chi connectivity index (χ0n) is 19.1. The van der Waals surface area contributed by atoms with Gasteiger partial charge in [-0.15, -0.1) is 0 Å². The molecule has 2 aliphatic rings. The molecule has 180 valence electrons. The fourth-order valence-corrected chi connectivity index (χ4v) is 4.92. The lowest BCUT2D eigenvalue weighted by Crippen LogP contribution is -2.47. The van der Waals surface area contributed by atoms with Gasteiger partial charge in [0, 0.05) is 31.1 Å². The maximum absolute atomic E-state index is 13.3. The third-order valence-electron chi connectivity index (χ3n) is 6.93. The molecule has 2 fully saturated rings. The molecule has 2 heterocycles. The smallest absolute Gasteiger partial charge is 0.410 e. The fourth-order valence-electron chi connectivity index (χ4n) is 4.92. The van der Waals surface area contributed by atoms with Crippen molar-refractivity contribution in [2.75, 3.05) is 19.7 Å². The molecule has 0 aliphatic carbocycles. The molecule has 0 unspecified atom stereocenters. The summed E-state index contributed by atoms with van der Waals surface area (Å²) in [6.45, 7) is 1.67. The summed E-state index contributed by atoms with van der Waals surface area (Å²) in [4.78, 5) is 24.5. The highest BCUT2D eigenvalue weighted by molar-refractivity contribution is 5.71. The van der Waals surface area contributed by atoms with E-state index in [0.29, 0.717) is 19.7 Å². The number of nitro benzene ring substituents is 1. The average molecular weight is 477 g/mol. The second-order valence-electron chi connectivity index (χ2n) is 9.13. The first-order chi connectivity index (χ1) is 16.9. The van der Waals surface area contributed by atoms with E-state index >= 15 is 0 Å². The molecular formula is C27H25FN2O5. The van der Waals surface area contributed by atoms with E-state index in [9.17, 15) is 19.3 Å². The SMILES string of the molecule is O=C(Oc1ccc([N+](=O)[O-])cc1)N1CCC2(CC1)C[C@H](c1cccc(-c3ccc(F)cc3)c1)CO2. The molecule has 8 heteroatoms. The summed E-state index contributed by atoms with van der Waals surface area (Å²) in [5.41, 5.74) is 2.90. The Morgan fingerprint density at radius 3 is 2.43 bits per heavy atom. The van der Waals surface area contributed by atoms with E-state index in [4.69, 9.17) is 9.47 Å². The van der Waals surface area contributed by atoms with Gasteiger partial charge in [0.15, 0.2) is 0 Å². The summed E-state index contributed by atoms with van der Waals surface area (Å²) in [7, 11) is 0. The number of carbonyl (C=O) groups excluding carboxylic acids is 1. The van der Waals surface area contributed by atoms with E-state index in [2.05, 4.69) is 12.1 Å². The number of rotatable bonds is 4. The molecule has 35 heavy (non-hydrogen) atoms. The standard InChI is InChI=1S/C27H25FN2O5/c28-23-6-4-19(5-7-23)20-2-1-3-21(16-20)22-17-27(34-18-22)12-14-29(15-13-27)26(31)35-25-10-8-24(9-11-25)30(32)33/h1-11,16,22H,12-15,17-18H2/t22-/m0/s1. The summed E-state index contributed by atoms with van der Waals surface area (Å²) in [5, 5.41) is 10.8. The van der Waals surface area contributed by atoms with Crippen molar-refractivity contribution in [3.63, 3.8) is 0 Å². The molecule has 3 aromatic rings. The predicted octanol–water partition coefficient (Wildman–Crippen LogP) is 5.94. The van der Waals surface area contributed by atoms with Crippen LogP contribution in [0.15, 0.2) is 72.8 Å². The van der Waals surface area contributed by atoms with Gasteiger partial charge < -0.3 is 14.4 Å². The van der Waals surface area contributed by atoms with Gasteiger partial charge in [0.1, 0.15) is 11.6 Å². The Kier molecular flexibility index (Phi) is 6.21. The number of nitrogens with zero attached hydrogens (tertiary/aromatic N) is 2. The lowest BCUT2D eigenvalue weighted by molar-refractivity contribution is -0.384. The van der Waals surface area contributed by atoms with Gasteiger partial charge in [-0.25, -0.2) is 9.18 Å². The number of nitro groups is 1. The first-order valence-corrected chi connectivity index (χ1v) is 11.6. The number of carbonyl (C=O) groups is 1. The van der Waals surface area contributed by atoms with Crippen LogP contribution in [0.2, 0.25) is 0 Å². The van der Waals surface area contributed by atoms with Crippen molar-refractivity contribution >= 4 is 11.8 Å². The van der Waals surface area contributed by atoms with Crippen molar-refractivity contribution in [2.45, 2.75) is 30.8 Å². The molecule has 0 radical (unpaired) electrons. The molecule has 7 nitrogen and oxygen atoms in total. The van der Waals surface area contributed by atoms with Gasteiger partial charge in [-0.05, 0) is 60.2 Å². The minimum Gasteiger partial charge on any atom is -0.410 e. The van der Waals surface area contributed by atoms with E-state index in [1.807, 2.05) is 12.1 Å². The predicted molar refractivity (Wildman–Crippen MR) is 128 cm³/mol. The topological polar surface area (TPSA) is 81.9 Å². The highest BCUT2D eigenvalue weighted by Gasteiger charge is 2.44. The highest BCUT2D eigenvalue weighted by atomic mass is 19.1. The molecule has 2 aliphatic heterocycles. The highest BCUT2D eigenvalue weighted by Crippen LogP contribution is 2.43. The van der Waals surface area contributed by atoms with Gasteiger partial charge in [0.2, 0.25) is 0 Å². The third kappa shape index (κ3) is 5.02. The van der Waals surface area contributed by atoms with Crippen LogP contribution in [0.1, 0.15) is 30.7 Å². The van der Waals surface area contributed by atoms with Crippen LogP contribution in [0.3, 0.4) is 0 Å². The first-order valence-electron chi connectivity index (χ1n) is 11.6. The maximum Gasteiger partial charge on any atom is 0.415 e. The van der Waals surface area contributed by atoms with Crippen LogP contribution in [0.5, 0.6) is 5.75 Å². The van der Waals surface area contributed by atoms with Crippen LogP contribution >= 0.6 is 0 Å². The number of hydrogen-bond donors (Lipinski definition) is 0. The zero-order chi connectivity index (χ0) is 24.4. The summed E-state index contributed by atoms with van der Waals surface area (Å²) < 4.78 is 25.0. The van der Waals surface area contributed by atoms with Crippen molar-refractivity contribution in [3.8, 4) is 16.9 Å². The lowest BCUT2D eigenvalue weighted by atomic mass is 9.83. The normalized spacial score (nSPS) is 19.0. The van der Waals surface area contributed by atoms with Crippen LogP contribution in [-0.2, 0) is 4.74 Å². The molecule has 1 amide bonds. The van der Waals surface area contributed by atoms with Crippen LogP contribution in [0.25, 0.3) is 11.1 Å². The monoisotopic (exact) mass is 476 g/mol. The number of halogens is 1. The molecule has 2 saturated heterocycles. The van der Waals surface area contributed by atoms with Crippen LogP contribution in [-0.4, -0.2) is 41.2 Å². The molecule has 0 saturated carbocycles. The van der Waals surface area contributed by atoms with Crippen LogP contribution in [0.4, 0.5) is 14.9 Å². The number of amides is 1. The second kappa shape index (κ2) is 9.46. The molecule has 3 aromatic carbocycles. The van der Waals surface area contributed by atoms with Crippen LogP contribution in [0, 0.1) is 15.9 Å². The molecular weight excluding hydrogens is 451 g/mol. The quantitative estimate of drug-likeness (QED) is 0.344. The molecule has 1 atom stereocenters. The van der Waals surface area contributed by atoms with Gasteiger partial charge in [-0.2, -0.15) is 0 Å². The Morgan fingerprint density at radius 1 is 1.03 bits per heavy atom. The number of piperidine rings is 1. The Bertz CT molecular complexity index is 1220. The number of ether oxygens (including phenoxy) is 2. The number of non-ortho nitro benzene ring substituents is 1. The largest absolute Gasteiger partial charge is 0.415 e. The summed E-state index contributed by atoms with van der Waals surface area (Å²) in [6, 6.07) is 20.3. The molecule has 0 bridgehead atoms. The minimum absolute atomic E-state index is 0.0548. The van der Waals surface area contributed by atoms with Gasteiger partial charge >= 0.3 is 6.09 Å². The lowest BCUT2D eigenvalue weighted by Gasteiger charge is -2.38. The first kappa shape index (κ1) is 23.0. The van der Waals surface area contributed by atoms with Crippen molar-refractivity contribution in [1.82, 2.24) is 4.90 Å². The summed E-state index contributed by atoms with van der Waals surface area (Å²) in [6.07, 6.45) is 1.85. The van der Waals surface area contributed by atoms with E-state index in [1.54, 1.807) is 17.0 Å². The second-order valence-corrected chi connectivity index (χ2v) is 9.13. The van der Waals surface area contributed by atoms with E-state index < -0.39 is 11.0 Å². The third-order valence-corrected chi connectivity index (χ3v) is 6.93. The Balaban J connectivity index is 1.18. The Hall–Kier alpha value is -3.78. The van der Waals surface area contributed by atoms with Gasteiger partial charge in [-0.1, -0.05) is 36.4 Å². The molecule has 0 aromatic heterocycles. The fraction of sp³-hybridized carbons (Fsp3) is 0.296. The molecule has 0 N–H and O–H groups in total. The number of likely N-dealkylation sites (tertiary alicyclic amines) is 1. The summed E-state index contributed by atoms with van der Waals surface area (Å²) >= 11 is 0. The van der Waals surface area contributed by atoms with Crippen molar-refractivity contribution in [2.24, 2.45) is 0 Å². The van der Waals surface area contributed by atoms with Crippen molar-refractivity contribution < 1.29 is 23.6 Å². The number of hydrogen-bond acceptors (Lipinski definition) is 5. The average Bonchev–Trinajstić information content (AvgIpc) is 3.29.